The van der Waals surface area contributed by atoms with Crippen molar-refractivity contribution in [2.24, 2.45) is 10.7 Å². The average molecular weight is 313 g/mol. The van der Waals surface area contributed by atoms with Gasteiger partial charge in [0.15, 0.2) is 5.96 Å². The van der Waals surface area contributed by atoms with E-state index >= 15 is 0 Å². The number of methoxy groups -OCH3 is 1. The molecular formula is C18H23N3O2. The summed E-state index contributed by atoms with van der Waals surface area (Å²) in [7, 11) is 1.62. The van der Waals surface area contributed by atoms with Gasteiger partial charge in [-0.25, -0.2) is 0 Å². The zero-order chi connectivity index (χ0) is 16.3. The number of ether oxygens (including phenoxy) is 2. The number of nitrogens with one attached hydrogen (secondary N) is 1. The lowest BCUT2D eigenvalue weighted by atomic mass is 10.2. The van der Waals surface area contributed by atoms with Crippen LogP contribution in [0.5, 0.6) is 5.75 Å². The third-order valence-corrected chi connectivity index (χ3v) is 3.21. The lowest BCUT2D eigenvalue weighted by Gasteiger charge is -2.10. The van der Waals surface area contributed by atoms with Crippen LogP contribution < -0.4 is 15.8 Å². The highest BCUT2D eigenvalue weighted by Crippen LogP contribution is 2.22. The van der Waals surface area contributed by atoms with Gasteiger partial charge in [0.05, 0.1) is 19.4 Å². The third kappa shape index (κ3) is 6.00. The molecule has 2 rings (SSSR count). The maximum absolute atomic E-state index is 5.88. The zero-order valence-electron chi connectivity index (χ0n) is 13.4. The second-order valence-corrected chi connectivity index (χ2v) is 4.98. The molecule has 0 amide bonds. The molecule has 5 nitrogen and oxygen atoms in total. The van der Waals surface area contributed by atoms with Crippen LogP contribution in [0.15, 0.2) is 59.6 Å². The molecule has 0 radical (unpaired) electrons. The molecule has 0 bridgehead atoms. The Labute approximate surface area is 137 Å². The smallest absolute Gasteiger partial charge is 0.193 e. The zero-order valence-corrected chi connectivity index (χ0v) is 13.4. The van der Waals surface area contributed by atoms with E-state index in [1.165, 1.54) is 5.56 Å². The van der Waals surface area contributed by atoms with E-state index in [9.17, 15) is 0 Å². The molecule has 0 aromatic heterocycles. The van der Waals surface area contributed by atoms with Crippen LogP contribution in [0.1, 0.15) is 12.0 Å². The van der Waals surface area contributed by atoms with Gasteiger partial charge >= 0.3 is 0 Å². The molecule has 0 spiro atoms. The predicted octanol–water partition coefficient (Wildman–Crippen LogP) is 3.03. The first kappa shape index (κ1) is 16.8. The highest BCUT2D eigenvalue weighted by atomic mass is 16.5. The van der Waals surface area contributed by atoms with E-state index in [1.54, 1.807) is 7.11 Å². The normalized spacial score (nSPS) is 11.3. The predicted molar refractivity (Wildman–Crippen MR) is 93.8 cm³/mol. The standard InChI is InChI=1S/C18H23N3O2/c1-22-17-11-6-5-10-16(17)21-18(19)20-12-7-13-23-14-15-8-3-2-4-9-15/h2-6,8-11H,7,12-14H2,1H3,(H3,19,20,21). The first-order valence-corrected chi connectivity index (χ1v) is 7.61. The maximum atomic E-state index is 5.88. The Balaban J connectivity index is 1.67. The summed E-state index contributed by atoms with van der Waals surface area (Å²) < 4.78 is 10.9. The van der Waals surface area contributed by atoms with Gasteiger partial charge in [0, 0.05) is 13.2 Å². The molecule has 0 aliphatic rings. The molecule has 23 heavy (non-hydrogen) atoms. The van der Waals surface area contributed by atoms with Gasteiger partial charge in [-0.15, -0.1) is 0 Å². The molecule has 0 heterocycles. The van der Waals surface area contributed by atoms with Crippen molar-refractivity contribution >= 4 is 11.6 Å². The van der Waals surface area contributed by atoms with Crippen LogP contribution in [0, 0.1) is 0 Å². The van der Waals surface area contributed by atoms with E-state index in [-0.39, 0.29) is 0 Å². The van der Waals surface area contributed by atoms with Crippen LogP contribution in [0.3, 0.4) is 0 Å². The van der Waals surface area contributed by atoms with Crippen molar-refractivity contribution < 1.29 is 9.47 Å². The first-order chi connectivity index (χ1) is 11.3. The monoisotopic (exact) mass is 313 g/mol. The molecule has 0 fully saturated rings. The molecule has 2 aromatic carbocycles. The summed E-state index contributed by atoms with van der Waals surface area (Å²) in [6.07, 6.45) is 0.821. The van der Waals surface area contributed by atoms with E-state index in [1.807, 2.05) is 54.6 Å². The lowest BCUT2D eigenvalue weighted by Crippen LogP contribution is -2.23. The largest absolute Gasteiger partial charge is 0.495 e. The Kier molecular flexibility index (Phi) is 6.94. The van der Waals surface area contributed by atoms with E-state index in [0.717, 1.165) is 17.9 Å². The number of aliphatic imine (C=N–C) groups is 1. The number of para-hydroxylation sites is 2. The minimum atomic E-state index is 0.373. The summed E-state index contributed by atoms with van der Waals surface area (Å²) >= 11 is 0. The summed E-state index contributed by atoms with van der Waals surface area (Å²) in [4.78, 5) is 4.29. The highest BCUT2D eigenvalue weighted by molar-refractivity contribution is 5.93. The number of anilines is 1. The Hall–Kier alpha value is -2.53. The van der Waals surface area contributed by atoms with Crippen molar-refractivity contribution in [1.82, 2.24) is 0 Å². The van der Waals surface area contributed by atoms with Crippen molar-refractivity contribution in [3.05, 3.63) is 60.2 Å². The van der Waals surface area contributed by atoms with Crippen molar-refractivity contribution in [3.8, 4) is 5.75 Å². The molecule has 0 saturated carbocycles. The Bertz CT molecular complexity index is 615. The van der Waals surface area contributed by atoms with Gasteiger partial charge in [-0.2, -0.15) is 0 Å². The lowest BCUT2D eigenvalue weighted by molar-refractivity contribution is 0.120. The summed E-state index contributed by atoms with van der Waals surface area (Å²) in [5, 5.41) is 3.04. The molecular weight excluding hydrogens is 290 g/mol. The van der Waals surface area contributed by atoms with Crippen LogP contribution in [-0.4, -0.2) is 26.2 Å². The van der Waals surface area contributed by atoms with Gasteiger partial charge in [0.25, 0.3) is 0 Å². The topological polar surface area (TPSA) is 68.9 Å². The van der Waals surface area contributed by atoms with E-state index < -0.39 is 0 Å². The fraction of sp³-hybridized carbons (Fsp3) is 0.278. The van der Waals surface area contributed by atoms with E-state index in [0.29, 0.717) is 25.7 Å². The molecule has 0 saturated heterocycles. The number of nitrogens with two attached hydrogens (primary N) is 1. The first-order valence-electron chi connectivity index (χ1n) is 7.61. The van der Waals surface area contributed by atoms with Gasteiger partial charge in [-0.05, 0) is 24.1 Å². The second kappa shape index (κ2) is 9.48. The number of hydrogen-bond donors (Lipinski definition) is 2. The molecule has 3 N–H and O–H groups in total. The van der Waals surface area contributed by atoms with Crippen molar-refractivity contribution in [1.29, 1.82) is 0 Å². The SMILES string of the molecule is COc1ccccc1NC(N)=NCCCOCc1ccccc1. The number of nitrogens with zero attached hydrogens (tertiary/aromatic N) is 1. The summed E-state index contributed by atoms with van der Waals surface area (Å²) in [6.45, 7) is 1.89. The van der Waals surface area contributed by atoms with Crippen LogP contribution >= 0.6 is 0 Å². The van der Waals surface area contributed by atoms with Crippen molar-refractivity contribution in [3.63, 3.8) is 0 Å². The molecule has 0 unspecified atom stereocenters. The van der Waals surface area contributed by atoms with Gasteiger partial charge in [0.1, 0.15) is 5.75 Å². The number of guanidine groups is 1. The Morgan fingerprint density at radius 3 is 2.61 bits per heavy atom. The van der Waals surface area contributed by atoms with Crippen molar-refractivity contribution in [2.75, 3.05) is 25.6 Å². The van der Waals surface area contributed by atoms with Crippen LogP contribution in [0.25, 0.3) is 0 Å². The van der Waals surface area contributed by atoms with Crippen LogP contribution in [0.2, 0.25) is 0 Å². The van der Waals surface area contributed by atoms with Crippen LogP contribution in [0.4, 0.5) is 5.69 Å². The summed E-state index contributed by atoms with van der Waals surface area (Å²) in [6, 6.07) is 17.7. The number of benzene rings is 2. The van der Waals surface area contributed by atoms with Gasteiger partial charge in [-0.1, -0.05) is 42.5 Å². The molecule has 5 heteroatoms. The quantitative estimate of drug-likeness (QED) is 0.446. The molecule has 2 aromatic rings. The number of rotatable bonds is 8. The fourth-order valence-electron chi connectivity index (χ4n) is 2.06. The minimum Gasteiger partial charge on any atom is -0.495 e. The molecule has 0 aliphatic carbocycles. The minimum absolute atomic E-state index is 0.373. The molecule has 122 valence electrons. The Morgan fingerprint density at radius 2 is 1.83 bits per heavy atom. The van der Waals surface area contributed by atoms with E-state index in [4.69, 9.17) is 15.2 Å². The van der Waals surface area contributed by atoms with Gasteiger partial charge in [0.2, 0.25) is 0 Å². The molecule has 0 atom stereocenters. The summed E-state index contributed by atoms with van der Waals surface area (Å²) in [5.41, 5.74) is 7.85. The van der Waals surface area contributed by atoms with Crippen molar-refractivity contribution in [2.45, 2.75) is 13.0 Å². The molecule has 0 aliphatic heterocycles. The van der Waals surface area contributed by atoms with Crippen LogP contribution in [-0.2, 0) is 11.3 Å². The maximum Gasteiger partial charge on any atom is 0.193 e. The van der Waals surface area contributed by atoms with Gasteiger partial charge < -0.3 is 20.5 Å². The second-order valence-electron chi connectivity index (χ2n) is 4.98. The highest BCUT2D eigenvalue weighted by Gasteiger charge is 2.01. The fourth-order valence-corrected chi connectivity index (χ4v) is 2.06. The Morgan fingerprint density at radius 1 is 1.09 bits per heavy atom. The number of hydrogen-bond acceptors (Lipinski definition) is 3. The summed E-state index contributed by atoms with van der Waals surface area (Å²) in [5.74, 6) is 1.11. The van der Waals surface area contributed by atoms with Gasteiger partial charge in [-0.3, -0.25) is 4.99 Å². The average Bonchev–Trinajstić information content (AvgIpc) is 2.59. The van der Waals surface area contributed by atoms with E-state index in [2.05, 4.69) is 10.3 Å². The third-order valence-electron chi connectivity index (χ3n) is 3.21.